The van der Waals surface area contributed by atoms with E-state index in [1.165, 1.54) is 0 Å². The van der Waals surface area contributed by atoms with Gasteiger partial charge in [-0.2, -0.15) is 5.10 Å². The summed E-state index contributed by atoms with van der Waals surface area (Å²) in [5.74, 6) is 0. The summed E-state index contributed by atoms with van der Waals surface area (Å²) in [6.45, 7) is 0. The van der Waals surface area contributed by atoms with Crippen molar-refractivity contribution in [3.63, 3.8) is 0 Å². The number of imidazole rings is 1. The third-order valence-electron chi connectivity index (χ3n) is 2.21. The second kappa shape index (κ2) is 2.69. The average Bonchev–Trinajstić information content (AvgIpc) is 2.66. The predicted molar refractivity (Wildman–Crippen MR) is 55.5 cm³/mol. The van der Waals surface area contributed by atoms with Crippen molar-refractivity contribution in [2.45, 2.75) is 0 Å². The second-order valence-electron chi connectivity index (χ2n) is 3.03. The number of nitrogens with zero attached hydrogens (tertiary/aromatic N) is 3. The molecule has 0 aliphatic carbocycles. The Bertz CT molecular complexity index is 615. The van der Waals surface area contributed by atoms with Crippen LogP contribution in [0.4, 0.5) is 0 Å². The molecule has 3 aromatic rings. The number of halogens is 1. The maximum absolute atomic E-state index is 6.03. The van der Waals surface area contributed by atoms with Crippen molar-refractivity contribution < 1.29 is 0 Å². The SMILES string of the molecule is Clc1nn2ccnc2c2ccccc12. The van der Waals surface area contributed by atoms with E-state index in [4.69, 9.17) is 11.6 Å². The van der Waals surface area contributed by atoms with Crippen molar-refractivity contribution in [1.29, 1.82) is 0 Å². The summed E-state index contributed by atoms with van der Waals surface area (Å²) in [7, 11) is 0. The maximum Gasteiger partial charge on any atom is 0.161 e. The highest BCUT2D eigenvalue weighted by Crippen LogP contribution is 2.23. The Morgan fingerprint density at radius 3 is 2.79 bits per heavy atom. The van der Waals surface area contributed by atoms with Crippen LogP contribution in [0.1, 0.15) is 0 Å². The van der Waals surface area contributed by atoms with Gasteiger partial charge in [0, 0.05) is 23.2 Å². The molecule has 14 heavy (non-hydrogen) atoms. The highest BCUT2D eigenvalue weighted by molar-refractivity contribution is 6.34. The molecule has 0 aliphatic heterocycles. The van der Waals surface area contributed by atoms with Crippen molar-refractivity contribution in [2.75, 3.05) is 0 Å². The van der Waals surface area contributed by atoms with Crippen LogP contribution in [0, 0.1) is 0 Å². The Labute approximate surface area is 84.9 Å². The first-order valence-corrected chi connectivity index (χ1v) is 4.61. The lowest BCUT2D eigenvalue weighted by Gasteiger charge is -2.01. The Balaban J connectivity index is 2.67. The second-order valence-corrected chi connectivity index (χ2v) is 3.39. The highest BCUT2D eigenvalue weighted by Gasteiger charge is 2.05. The Hall–Kier alpha value is -1.61. The Morgan fingerprint density at radius 2 is 1.93 bits per heavy atom. The van der Waals surface area contributed by atoms with E-state index in [-0.39, 0.29) is 0 Å². The molecule has 3 nitrogen and oxygen atoms in total. The van der Waals surface area contributed by atoms with Gasteiger partial charge in [0.1, 0.15) is 0 Å². The van der Waals surface area contributed by atoms with E-state index in [0.717, 1.165) is 16.4 Å². The van der Waals surface area contributed by atoms with Gasteiger partial charge in [0.05, 0.1) is 0 Å². The number of rotatable bonds is 0. The molecule has 4 heteroatoms. The minimum absolute atomic E-state index is 0.506. The van der Waals surface area contributed by atoms with Crippen molar-refractivity contribution in [3.05, 3.63) is 41.8 Å². The molecule has 3 rings (SSSR count). The minimum atomic E-state index is 0.506. The van der Waals surface area contributed by atoms with Gasteiger partial charge in [0.2, 0.25) is 0 Å². The van der Waals surface area contributed by atoms with Crippen LogP contribution in [0.5, 0.6) is 0 Å². The lowest BCUT2D eigenvalue weighted by Crippen LogP contribution is -1.92. The fraction of sp³-hybridized carbons (Fsp3) is 0. The van der Waals surface area contributed by atoms with E-state index in [1.807, 2.05) is 24.3 Å². The van der Waals surface area contributed by atoms with E-state index < -0.39 is 0 Å². The monoisotopic (exact) mass is 203 g/mol. The van der Waals surface area contributed by atoms with Crippen LogP contribution in [0.2, 0.25) is 5.15 Å². The zero-order valence-corrected chi connectivity index (χ0v) is 7.94. The summed E-state index contributed by atoms with van der Waals surface area (Å²) in [5.41, 5.74) is 0.838. The molecule has 0 atom stereocenters. The average molecular weight is 204 g/mol. The maximum atomic E-state index is 6.03. The molecular weight excluding hydrogens is 198 g/mol. The molecule has 0 amide bonds. The molecule has 1 aromatic carbocycles. The van der Waals surface area contributed by atoms with Gasteiger partial charge in [-0.25, -0.2) is 9.50 Å². The molecule has 2 aromatic heterocycles. The molecule has 68 valence electrons. The van der Waals surface area contributed by atoms with Crippen molar-refractivity contribution in [3.8, 4) is 0 Å². The molecule has 0 radical (unpaired) electrons. The predicted octanol–water partition coefficient (Wildman–Crippen LogP) is 2.54. The fourth-order valence-electron chi connectivity index (χ4n) is 1.58. The fourth-order valence-corrected chi connectivity index (χ4v) is 1.82. The molecule has 0 saturated carbocycles. The summed E-state index contributed by atoms with van der Waals surface area (Å²) in [6.07, 6.45) is 3.50. The van der Waals surface area contributed by atoms with Gasteiger partial charge in [0.15, 0.2) is 10.8 Å². The molecule has 0 bridgehead atoms. The summed E-state index contributed by atoms with van der Waals surface area (Å²) in [5, 5.41) is 6.65. The molecule has 0 spiro atoms. The largest absolute Gasteiger partial charge is 0.235 e. The third kappa shape index (κ3) is 0.930. The third-order valence-corrected chi connectivity index (χ3v) is 2.49. The highest BCUT2D eigenvalue weighted by atomic mass is 35.5. The standard InChI is InChI=1S/C10H6ClN3/c11-9-7-3-1-2-4-8(7)10-12-5-6-14(10)13-9/h1-6H. The molecule has 0 fully saturated rings. The number of hydrogen-bond donors (Lipinski definition) is 0. The first-order valence-electron chi connectivity index (χ1n) is 4.24. The van der Waals surface area contributed by atoms with Gasteiger partial charge >= 0.3 is 0 Å². The van der Waals surface area contributed by atoms with Crippen LogP contribution in [-0.4, -0.2) is 14.6 Å². The van der Waals surface area contributed by atoms with E-state index >= 15 is 0 Å². The van der Waals surface area contributed by atoms with E-state index in [2.05, 4.69) is 10.1 Å². The van der Waals surface area contributed by atoms with Crippen LogP contribution >= 0.6 is 11.6 Å². The van der Waals surface area contributed by atoms with Crippen LogP contribution in [-0.2, 0) is 0 Å². The van der Waals surface area contributed by atoms with Gasteiger partial charge in [-0.15, -0.1) is 0 Å². The van der Waals surface area contributed by atoms with Gasteiger partial charge in [-0.3, -0.25) is 0 Å². The smallest absolute Gasteiger partial charge is 0.161 e. The topological polar surface area (TPSA) is 30.2 Å². The summed E-state index contributed by atoms with van der Waals surface area (Å²) < 4.78 is 1.69. The van der Waals surface area contributed by atoms with Crippen LogP contribution < -0.4 is 0 Å². The van der Waals surface area contributed by atoms with Gasteiger partial charge in [-0.05, 0) is 0 Å². The van der Waals surface area contributed by atoms with E-state index in [1.54, 1.807) is 16.9 Å². The Morgan fingerprint density at radius 1 is 1.14 bits per heavy atom. The van der Waals surface area contributed by atoms with Crippen molar-refractivity contribution >= 4 is 28.0 Å². The number of aromatic nitrogens is 3. The van der Waals surface area contributed by atoms with Crippen molar-refractivity contribution in [2.24, 2.45) is 0 Å². The molecule has 2 heterocycles. The first kappa shape index (κ1) is 7.76. The number of benzene rings is 1. The Kier molecular flexibility index (Phi) is 1.49. The van der Waals surface area contributed by atoms with Gasteiger partial charge in [-0.1, -0.05) is 35.9 Å². The zero-order valence-electron chi connectivity index (χ0n) is 7.18. The lowest BCUT2D eigenvalue weighted by molar-refractivity contribution is 0.948. The zero-order chi connectivity index (χ0) is 9.54. The molecular formula is C10H6ClN3. The number of hydrogen-bond acceptors (Lipinski definition) is 2. The molecule has 0 unspecified atom stereocenters. The normalized spacial score (nSPS) is 11.2. The molecule has 0 N–H and O–H groups in total. The summed E-state index contributed by atoms with van der Waals surface area (Å²) in [6, 6.07) is 7.84. The van der Waals surface area contributed by atoms with E-state index in [0.29, 0.717) is 5.15 Å². The molecule has 0 aliphatic rings. The van der Waals surface area contributed by atoms with Gasteiger partial charge < -0.3 is 0 Å². The van der Waals surface area contributed by atoms with Crippen LogP contribution in [0.15, 0.2) is 36.7 Å². The van der Waals surface area contributed by atoms with Gasteiger partial charge in [0.25, 0.3) is 0 Å². The number of fused-ring (bicyclic) bond motifs is 3. The van der Waals surface area contributed by atoms with Crippen molar-refractivity contribution in [1.82, 2.24) is 14.6 Å². The van der Waals surface area contributed by atoms with Crippen LogP contribution in [0.25, 0.3) is 16.4 Å². The van der Waals surface area contributed by atoms with Crippen LogP contribution in [0.3, 0.4) is 0 Å². The molecule has 0 saturated heterocycles. The first-order chi connectivity index (χ1) is 6.86. The quantitative estimate of drug-likeness (QED) is 0.562. The lowest BCUT2D eigenvalue weighted by atomic mass is 10.2. The minimum Gasteiger partial charge on any atom is -0.235 e. The summed E-state index contributed by atoms with van der Waals surface area (Å²) in [4.78, 5) is 4.23. The summed E-state index contributed by atoms with van der Waals surface area (Å²) >= 11 is 6.03. The van der Waals surface area contributed by atoms with E-state index in [9.17, 15) is 0 Å².